The van der Waals surface area contributed by atoms with E-state index >= 15 is 0 Å². The number of nitrogens with zero attached hydrogens (tertiary/aromatic N) is 2. The first-order valence-corrected chi connectivity index (χ1v) is 10.3. The van der Waals surface area contributed by atoms with Gasteiger partial charge in [-0.05, 0) is 29.3 Å². The Kier molecular flexibility index (Phi) is 6.12. The number of hydrogen-bond donors (Lipinski definition) is 0. The minimum atomic E-state index is -2.78. The summed E-state index contributed by atoms with van der Waals surface area (Å²) in [6, 6.07) is 15.2. The van der Waals surface area contributed by atoms with Crippen molar-refractivity contribution in [1.82, 2.24) is 9.80 Å². The first-order chi connectivity index (χ1) is 15.3. The predicted octanol–water partition coefficient (Wildman–Crippen LogP) is 3.22. The Labute approximate surface area is 185 Å². The van der Waals surface area contributed by atoms with E-state index < -0.39 is 24.9 Å². The largest absolute Gasteiger partial charge is 0.493 e. The zero-order valence-electron chi connectivity index (χ0n) is 17.7. The molecule has 0 N–H and O–H groups in total. The van der Waals surface area contributed by atoms with Crippen molar-refractivity contribution in [1.29, 1.82) is 0 Å². The van der Waals surface area contributed by atoms with Gasteiger partial charge in [0.25, 0.3) is 5.92 Å². The van der Waals surface area contributed by atoms with Gasteiger partial charge in [0, 0.05) is 19.2 Å². The average Bonchev–Trinajstić information content (AvgIpc) is 2.74. The summed E-state index contributed by atoms with van der Waals surface area (Å²) >= 11 is 0. The van der Waals surface area contributed by atoms with Gasteiger partial charge in [-0.25, -0.2) is 8.78 Å². The van der Waals surface area contributed by atoms with E-state index in [-0.39, 0.29) is 24.9 Å². The van der Waals surface area contributed by atoms with E-state index in [1.165, 1.54) is 11.0 Å². The van der Waals surface area contributed by atoms with Crippen LogP contribution in [0.4, 0.5) is 8.78 Å². The fourth-order valence-corrected chi connectivity index (χ4v) is 3.66. The van der Waals surface area contributed by atoms with Crippen molar-refractivity contribution in [3.63, 3.8) is 0 Å². The van der Waals surface area contributed by atoms with Crippen LogP contribution in [0.2, 0.25) is 0 Å². The molecular weight excluding hydrogens is 418 g/mol. The number of rotatable bonds is 7. The van der Waals surface area contributed by atoms with Crippen LogP contribution in [-0.2, 0) is 16.2 Å². The average molecular weight is 442 g/mol. The number of ether oxygens (including phenoxy) is 2. The zero-order chi connectivity index (χ0) is 22.7. The summed E-state index contributed by atoms with van der Waals surface area (Å²) in [7, 11) is 1.55. The third-order valence-electron chi connectivity index (χ3n) is 5.54. The Bertz CT molecular complexity index is 1010. The van der Waals surface area contributed by atoms with Crippen molar-refractivity contribution in [2.24, 2.45) is 5.92 Å². The quantitative estimate of drug-likeness (QED) is 0.618. The topological polar surface area (TPSA) is 59.1 Å². The molecule has 0 unspecified atom stereocenters. The first kappa shape index (κ1) is 21.8. The van der Waals surface area contributed by atoms with Gasteiger partial charge in [-0.3, -0.25) is 9.59 Å². The van der Waals surface area contributed by atoms with E-state index in [2.05, 4.69) is 0 Å². The highest BCUT2D eigenvalue weighted by atomic mass is 19.3. The van der Waals surface area contributed by atoms with E-state index in [0.717, 1.165) is 16.0 Å². The standard InChI is InChI=1S/C24H24F2N2O4/c1-31-21-11-17(7-9-20(21)32-14-18-5-3-2-4-6-18)8-10-22(29)27-12-19(13-27)23(30)28-15-24(25,26)16-28/h2-11,19H,12-16H2,1H3/b10-8+. The normalized spacial score (nSPS) is 17.6. The number of carbonyl (C=O) groups excluding carboxylic acids is 2. The maximum atomic E-state index is 12.9. The van der Waals surface area contributed by atoms with Gasteiger partial charge in [0.15, 0.2) is 11.5 Å². The molecule has 2 aliphatic heterocycles. The minimum absolute atomic E-state index is 0.230. The van der Waals surface area contributed by atoms with Gasteiger partial charge in [0.2, 0.25) is 11.8 Å². The second-order valence-corrected chi connectivity index (χ2v) is 8.01. The molecule has 2 aromatic rings. The molecule has 2 heterocycles. The second-order valence-electron chi connectivity index (χ2n) is 8.01. The molecular formula is C24H24F2N2O4. The van der Waals surface area contributed by atoms with Crippen molar-refractivity contribution in [3.8, 4) is 11.5 Å². The van der Waals surface area contributed by atoms with Crippen LogP contribution >= 0.6 is 0 Å². The van der Waals surface area contributed by atoms with Gasteiger partial charge in [0.1, 0.15) is 6.61 Å². The minimum Gasteiger partial charge on any atom is -0.493 e. The monoisotopic (exact) mass is 442 g/mol. The number of amides is 2. The van der Waals surface area contributed by atoms with Crippen LogP contribution in [0.3, 0.4) is 0 Å². The fraction of sp³-hybridized carbons (Fsp3) is 0.333. The Balaban J connectivity index is 1.28. The molecule has 2 saturated heterocycles. The van der Waals surface area contributed by atoms with Crippen LogP contribution in [0.1, 0.15) is 11.1 Å². The van der Waals surface area contributed by atoms with Gasteiger partial charge in [-0.1, -0.05) is 36.4 Å². The summed E-state index contributed by atoms with van der Waals surface area (Å²) in [5.41, 5.74) is 1.80. The van der Waals surface area contributed by atoms with Crippen LogP contribution < -0.4 is 9.47 Å². The number of hydrogen-bond acceptors (Lipinski definition) is 4. The Morgan fingerprint density at radius 2 is 1.78 bits per heavy atom. The van der Waals surface area contributed by atoms with Gasteiger partial charge in [0.05, 0.1) is 26.1 Å². The predicted molar refractivity (Wildman–Crippen MR) is 114 cm³/mol. The summed E-state index contributed by atoms with van der Waals surface area (Å²) in [4.78, 5) is 27.1. The van der Waals surface area contributed by atoms with Crippen LogP contribution in [0.25, 0.3) is 6.08 Å². The molecule has 6 nitrogen and oxygen atoms in total. The summed E-state index contributed by atoms with van der Waals surface area (Å²) in [6.45, 7) is -0.139. The lowest BCUT2D eigenvalue weighted by molar-refractivity contribution is -0.174. The third kappa shape index (κ3) is 4.90. The fourth-order valence-electron chi connectivity index (χ4n) is 3.66. The maximum absolute atomic E-state index is 12.9. The maximum Gasteiger partial charge on any atom is 0.282 e. The molecule has 2 aromatic carbocycles. The van der Waals surface area contributed by atoms with Crippen molar-refractivity contribution in [2.45, 2.75) is 12.5 Å². The smallest absolute Gasteiger partial charge is 0.282 e. The summed E-state index contributed by atoms with van der Waals surface area (Å²) in [5, 5.41) is 0. The Hall–Kier alpha value is -3.42. The first-order valence-electron chi connectivity index (χ1n) is 10.3. The molecule has 2 amide bonds. The van der Waals surface area contributed by atoms with E-state index in [0.29, 0.717) is 18.1 Å². The lowest BCUT2D eigenvalue weighted by Gasteiger charge is -2.45. The molecule has 4 rings (SSSR count). The molecule has 2 aliphatic rings. The van der Waals surface area contributed by atoms with Crippen LogP contribution in [-0.4, -0.2) is 60.8 Å². The van der Waals surface area contributed by atoms with Crippen molar-refractivity contribution in [2.75, 3.05) is 33.3 Å². The van der Waals surface area contributed by atoms with Gasteiger partial charge < -0.3 is 19.3 Å². The Morgan fingerprint density at radius 1 is 1.06 bits per heavy atom. The van der Waals surface area contributed by atoms with Gasteiger partial charge in [-0.15, -0.1) is 0 Å². The second kappa shape index (κ2) is 8.98. The molecule has 0 aromatic heterocycles. The summed E-state index contributed by atoms with van der Waals surface area (Å²) in [6.07, 6.45) is 3.09. The number of likely N-dealkylation sites (tertiary alicyclic amines) is 2. The molecule has 168 valence electrons. The van der Waals surface area contributed by atoms with E-state index in [1.807, 2.05) is 36.4 Å². The van der Waals surface area contributed by atoms with E-state index in [9.17, 15) is 18.4 Å². The highest BCUT2D eigenvalue weighted by Gasteiger charge is 2.49. The molecule has 2 fully saturated rings. The SMILES string of the molecule is COc1cc(/C=C/C(=O)N2CC(C(=O)N3CC(F)(F)C3)C2)ccc1OCc1ccccc1. The zero-order valence-corrected chi connectivity index (χ0v) is 17.7. The molecule has 0 saturated carbocycles. The molecule has 0 bridgehead atoms. The van der Waals surface area contributed by atoms with E-state index in [4.69, 9.17) is 9.47 Å². The molecule has 0 radical (unpaired) electrons. The molecule has 0 spiro atoms. The van der Waals surface area contributed by atoms with Crippen molar-refractivity contribution in [3.05, 3.63) is 65.7 Å². The number of carbonyl (C=O) groups is 2. The Morgan fingerprint density at radius 3 is 2.44 bits per heavy atom. The highest BCUT2D eigenvalue weighted by molar-refractivity contribution is 5.94. The van der Waals surface area contributed by atoms with Gasteiger partial charge >= 0.3 is 0 Å². The van der Waals surface area contributed by atoms with Crippen molar-refractivity contribution < 1.29 is 27.8 Å². The lowest BCUT2D eigenvalue weighted by atomic mass is 9.96. The molecule has 0 aliphatic carbocycles. The summed E-state index contributed by atoms with van der Waals surface area (Å²) < 4.78 is 37.1. The lowest BCUT2D eigenvalue weighted by Crippen LogP contribution is -2.64. The van der Waals surface area contributed by atoms with Crippen LogP contribution in [0.5, 0.6) is 11.5 Å². The highest BCUT2D eigenvalue weighted by Crippen LogP contribution is 2.31. The molecule has 8 heteroatoms. The van der Waals surface area contributed by atoms with E-state index in [1.54, 1.807) is 25.3 Å². The van der Waals surface area contributed by atoms with Crippen LogP contribution in [0.15, 0.2) is 54.6 Å². The number of methoxy groups -OCH3 is 1. The number of benzene rings is 2. The van der Waals surface area contributed by atoms with Gasteiger partial charge in [-0.2, -0.15) is 0 Å². The molecule has 0 atom stereocenters. The third-order valence-corrected chi connectivity index (χ3v) is 5.54. The summed E-state index contributed by atoms with van der Waals surface area (Å²) in [5.74, 6) is -2.56. The molecule has 32 heavy (non-hydrogen) atoms. The van der Waals surface area contributed by atoms with Crippen molar-refractivity contribution >= 4 is 17.9 Å². The van der Waals surface area contributed by atoms with Crippen LogP contribution in [0, 0.1) is 5.92 Å². The number of alkyl halides is 2. The number of halogens is 2.